The number of aromatic nitrogens is 2. The average molecular weight is 387 g/mol. The van der Waals surface area contributed by atoms with Gasteiger partial charge in [-0.3, -0.25) is 0 Å². The molecule has 1 aromatic heterocycles. The van der Waals surface area contributed by atoms with Crippen LogP contribution in [0.4, 0.5) is 0 Å². The number of halogens is 2. The first-order valence-electron chi connectivity index (χ1n) is 8.31. The molecule has 3 rings (SSSR count). The van der Waals surface area contributed by atoms with Crippen LogP contribution in [-0.4, -0.2) is 14.7 Å². The lowest BCUT2D eigenvalue weighted by atomic mass is 9.85. The first-order chi connectivity index (χ1) is 12.4. The molecule has 0 aliphatic carbocycles. The van der Waals surface area contributed by atoms with Crippen molar-refractivity contribution in [3.05, 3.63) is 93.0 Å². The van der Waals surface area contributed by atoms with Gasteiger partial charge in [-0.1, -0.05) is 53.5 Å². The Balaban J connectivity index is 2.33. The average Bonchev–Trinajstić information content (AvgIpc) is 2.91. The lowest BCUT2D eigenvalue weighted by Crippen LogP contribution is -2.32. The van der Waals surface area contributed by atoms with Crippen molar-refractivity contribution >= 4 is 29.4 Å². The van der Waals surface area contributed by atoms with Crippen molar-refractivity contribution < 1.29 is 5.11 Å². The zero-order valence-corrected chi connectivity index (χ0v) is 16.4. The number of benzene rings is 2. The highest BCUT2D eigenvalue weighted by Crippen LogP contribution is 2.38. The Labute approximate surface area is 163 Å². The SMILES string of the molecule is CC=Cn1c(C(O)(c2ccc(Cl)cc2)c2ccc(Cl)cc2)nc(C)c1C. The van der Waals surface area contributed by atoms with Crippen molar-refractivity contribution in [3.8, 4) is 0 Å². The Morgan fingerprint density at radius 2 is 1.38 bits per heavy atom. The summed E-state index contributed by atoms with van der Waals surface area (Å²) in [6.07, 6.45) is 3.82. The smallest absolute Gasteiger partial charge is 0.173 e. The van der Waals surface area contributed by atoms with E-state index < -0.39 is 5.60 Å². The second-order valence-electron chi connectivity index (χ2n) is 6.18. The van der Waals surface area contributed by atoms with Crippen molar-refractivity contribution in [2.45, 2.75) is 26.4 Å². The molecule has 0 amide bonds. The lowest BCUT2D eigenvalue weighted by Gasteiger charge is -2.29. The van der Waals surface area contributed by atoms with Crippen molar-refractivity contribution in [1.82, 2.24) is 9.55 Å². The van der Waals surface area contributed by atoms with Crippen LogP contribution >= 0.6 is 23.2 Å². The van der Waals surface area contributed by atoms with Crippen LogP contribution in [0.3, 0.4) is 0 Å². The van der Waals surface area contributed by atoms with Crippen LogP contribution < -0.4 is 0 Å². The molecule has 3 nitrogen and oxygen atoms in total. The van der Waals surface area contributed by atoms with Crippen LogP contribution in [0.5, 0.6) is 0 Å². The first-order valence-corrected chi connectivity index (χ1v) is 9.06. The molecule has 2 aromatic carbocycles. The van der Waals surface area contributed by atoms with Crippen molar-refractivity contribution in [1.29, 1.82) is 0 Å². The van der Waals surface area contributed by atoms with E-state index in [4.69, 9.17) is 28.2 Å². The normalized spacial score (nSPS) is 12.1. The zero-order chi connectivity index (χ0) is 18.9. The summed E-state index contributed by atoms with van der Waals surface area (Å²) in [4.78, 5) is 4.69. The summed E-state index contributed by atoms with van der Waals surface area (Å²) in [5, 5.41) is 13.2. The van der Waals surface area contributed by atoms with Crippen LogP contribution in [0, 0.1) is 13.8 Å². The van der Waals surface area contributed by atoms with Gasteiger partial charge in [-0.15, -0.1) is 0 Å². The van der Waals surface area contributed by atoms with Crippen LogP contribution in [0.2, 0.25) is 10.0 Å². The van der Waals surface area contributed by atoms with Crippen LogP contribution in [0.1, 0.15) is 35.3 Å². The van der Waals surface area contributed by atoms with E-state index in [1.165, 1.54) is 0 Å². The van der Waals surface area contributed by atoms with E-state index in [0.717, 1.165) is 11.4 Å². The van der Waals surface area contributed by atoms with Crippen LogP contribution in [0.25, 0.3) is 6.20 Å². The number of hydrogen-bond donors (Lipinski definition) is 1. The summed E-state index contributed by atoms with van der Waals surface area (Å²) in [6, 6.07) is 14.3. The van der Waals surface area contributed by atoms with Gasteiger partial charge in [0.15, 0.2) is 11.4 Å². The van der Waals surface area contributed by atoms with E-state index in [1.807, 2.05) is 61.9 Å². The number of imidazole rings is 1. The largest absolute Gasteiger partial charge is 0.373 e. The Kier molecular flexibility index (Phi) is 5.24. The topological polar surface area (TPSA) is 38.0 Å². The van der Waals surface area contributed by atoms with E-state index in [0.29, 0.717) is 27.0 Å². The third-order valence-corrected chi connectivity index (χ3v) is 5.04. The van der Waals surface area contributed by atoms with E-state index in [2.05, 4.69) is 0 Å². The van der Waals surface area contributed by atoms with Gasteiger partial charge in [0.2, 0.25) is 0 Å². The Morgan fingerprint density at radius 1 is 0.923 bits per heavy atom. The molecule has 0 fully saturated rings. The molecular weight excluding hydrogens is 367 g/mol. The molecular formula is C21H20Cl2N2O. The number of aryl methyl sites for hydroxylation is 1. The second-order valence-corrected chi connectivity index (χ2v) is 7.06. The summed E-state index contributed by atoms with van der Waals surface area (Å²) < 4.78 is 1.92. The summed E-state index contributed by atoms with van der Waals surface area (Å²) in [5.41, 5.74) is 1.74. The van der Waals surface area contributed by atoms with E-state index in [9.17, 15) is 5.11 Å². The predicted molar refractivity (Wildman–Crippen MR) is 108 cm³/mol. The zero-order valence-electron chi connectivity index (χ0n) is 14.9. The molecule has 0 unspecified atom stereocenters. The fraction of sp³-hybridized carbons (Fsp3) is 0.190. The van der Waals surface area contributed by atoms with Gasteiger partial charge in [-0.25, -0.2) is 4.98 Å². The van der Waals surface area contributed by atoms with E-state index in [1.54, 1.807) is 24.3 Å². The molecule has 5 heteroatoms. The Hall–Kier alpha value is -2.07. The van der Waals surface area contributed by atoms with E-state index >= 15 is 0 Å². The highest BCUT2D eigenvalue weighted by atomic mass is 35.5. The summed E-state index contributed by atoms with van der Waals surface area (Å²) in [5.74, 6) is 0.523. The molecule has 134 valence electrons. The monoisotopic (exact) mass is 386 g/mol. The molecule has 0 aliphatic heterocycles. The third-order valence-electron chi connectivity index (χ3n) is 4.53. The number of rotatable bonds is 4. The number of allylic oxidation sites excluding steroid dienone is 1. The van der Waals surface area contributed by atoms with E-state index in [-0.39, 0.29) is 0 Å². The second kappa shape index (κ2) is 7.28. The molecule has 0 spiro atoms. The van der Waals surface area contributed by atoms with Gasteiger partial charge in [-0.05, 0) is 56.2 Å². The third kappa shape index (κ3) is 3.18. The van der Waals surface area contributed by atoms with Crippen molar-refractivity contribution in [3.63, 3.8) is 0 Å². The van der Waals surface area contributed by atoms with Crippen LogP contribution in [-0.2, 0) is 5.60 Å². The molecule has 0 aliphatic rings. The quantitative estimate of drug-likeness (QED) is 0.635. The van der Waals surface area contributed by atoms with Gasteiger partial charge in [0.05, 0.1) is 5.69 Å². The van der Waals surface area contributed by atoms with Gasteiger partial charge in [0, 0.05) is 21.9 Å². The molecule has 0 atom stereocenters. The van der Waals surface area contributed by atoms with Crippen molar-refractivity contribution in [2.75, 3.05) is 0 Å². The molecule has 0 saturated heterocycles. The number of nitrogens with zero attached hydrogens (tertiary/aromatic N) is 2. The molecule has 0 bridgehead atoms. The maximum absolute atomic E-state index is 11.9. The fourth-order valence-corrected chi connectivity index (χ4v) is 3.27. The fourth-order valence-electron chi connectivity index (χ4n) is 3.02. The molecule has 1 heterocycles. The highest BCUT2D eigenvalue weighted by molar-refractivity contribution is 6.30. The minimum Gasteiger partial charge on any atom is -0.373 e. The highest BCUT2D eigenvalue weighted by Gasteiger charge is 2.39. The standard InChI is InChI=1S/C21H20Cl2N2O/c1-4-13-25-15(3)14(2)24-20(25)21(26,16-5-9-18(22)10-6-16)17-7-11-19(23)12-8-17/h4-13,26H,1-3H3. The summed E-state index contributed by atoms with van der Waals surface area (Å²) in [7, 11) is 0. The summed E-state index contributed by atoms with van der Waals surface area (Å²) in [6.45, 7) is 5.85. The molecule has 26 heavy (non-hydrogen) atoms. The van der Waals surface area contributed by atoms with Gasteiger partial charge < -0.3 is 9.67 Å². The van der Waals surface area contributed by atoms with Gasteiger partial charge in [0.1, 0.15) is 0 Å². The van der Waals surface area contributed by atoms with Crippen LogP contribution in [0.15, 0.2) is 54.6 Å². The minimum atomic E-state index is -1.45. The lowest BCUT2D eigenvalue weighted by molar-refractivity contribution is 0.114. The van der Waals surface area contributed by atoms with Gasteiger partial charge in [-0.2, -0.15) is 0 Å². The summed E-state index contributed by atoms with van der Waals surface area (Å²) >= 11 is 12.1. The van der Waals surface area contributed by atoms with Gasteiger partial charge in [0.25, 0.3) is 0 Å². The molecule has 3 aromatic rings. The minimum absolute atomic E-state index is 0.523. The maximum atomic E-state index is 11.9. The maximum Gasteiger partial charge on any atom is 0.173 e. The molecule has 1 N–H and O–H groups in total. The number of aliphatic hydroxyl groups is 1. The first kappa shape index (κ1) is 18.7. The Morgan fingerprint density at radius 3 is 1.81 bits per heavy atom. The number of hydrogen-bond acceptors (Lipinski definition) is 2. The molecule has 0 radical (unpaired) electrons. The Bertz CT molecular complexity index is 896. The van der Waals surface area contributed by atoms with Gasteiger partial charge >= 0.3 is 0 Å². The molecule has 0 saturated carbocycles. The van der Waals surface area contributed by atoms with Crippen molar-refractivity contribution in [2.24, 2.45) is 0 Å². The predicted octanol–water partition coefficient (Wildman–Crippen LogP) is 5.58.